The summed E-state index contributed by atoms with van der Waals surface area (Å²) in [6.07, 6.45) is 0. The molecule has 0 radical (unpaired) electrons. The van der Waals surface area contributed by atoms with Crippen LogP contribution in [0.1, 0.15) is 20.7 Å². The van der Waals surface area contributed by atoms with E-state index in [0.717, 1.165) is 6.54 Å². The van der Waals surface area contributed by atoms with E-state index in [2.05, 4.69) is 4.90 Å². The van der Waals surface area contributed by atoms with Crippen LogP contribution >= 0.6 is 12.4 Å². The van der Waals surface area contributed by atoms with Crippen LogP contribution in [-0.2, 0) is 4.74 Å². The molecule has 5 nitrogen and oxygen atoms in total. The van der Waals surface area contributed by atoms with Gasteiger partial charge >= 0.3 is 0 Å². The highest BCUT2D eigenvalue weighted by Gasteiger charge is 2.37. The van der Waals surface area contributed by atoms with Crippen LogP contribution < -0.4 is 0 Å². The molecule has 0 spiro atoms. The molecule has 6 heteroatoms. The summed E-state index contributed by atoms with van der Waals surface area (Å²) in [5, 5.41) is 0. The summed E-state index contributed by atoms with van der Waals surface area (Å²) in [4.78, 5) is 27.9. The maximum atomic E-state index is 12.2. The van der Waals surface area contributed by atoms with Gasteiger partial charge in [0.25, 0.3) is 11.8 Å². The second-order valence-corrected chi connectivity index (χ2v) is 4.98. The molecule has 2 heterocycles. The third-order valence-corrected chi connectivity index (χ3v) is 3.79. The Morgan fingerprint density at radius 3 is 2.35 bits per heavy atom. The number of halogens is 1. The maximum Gasteiger partial charge on any atom is 0.261 e. The molecule has 1 fully saturated rings. The van der Waals surface area contributed by atoms with Crippen LogP contribution in [0.2, 0.25) is 0 Å². The Morgan fingerprint density at radius 1 is 1.20 bits per heavy atom. The average Bonchev–Trinajstić information content (AvgIpc) is 2.67. The van der Waals surface area contributed by atoms with Gasteiger partial charge in [0.05, 0.1) is 30.4 Å². The van der Waals surface area contributed by atoms with Gasteiger partial charge in [0, 0.05) is 13.1 Å². The highest BCUT2D eigenvalue weighted by atomic mass is 35.5. The number of carbonyl (C=O) groups excluding carboxylic acids is 2. The molecule has 108 valence electrons. The van der Waals surface area contributed by atoms with Gasteiger partial charge in [-0.1, -0.05) is 12.1 Å². The lowest BCUT2D eigenvalue weighted by Gasteiger charge is -2.34. The Bertz CT molecular complexity index is 500. The summed E-state index contributed by atoms with van der Waals surface area (Å²) in [5.74, 6) is -0.390. The third kappa shape index (κ3) is 2.44. The second-order valence-electron chi connectivity index (χ2n) is 4.98. The summed E-state index contributed by atoms with van der Waals surface area (Å²) in [6.45, 7) is 2.48. The number of hydrogen-bond donors (Lipinski definition) is 0. The molecular weight excluding hydrogens is 280 g/mol. The van der Waals surface area contributed by atoms with Crippen LogP contribution in [-0.4, -0.2) is 61.0 Å². The van der Waals surface area contributed by atoms with E-state index in [1.165, 1.54) is 4.90 Å². The molecule has 1 unspecified atom stereocenters. The van der Waals surface area contributed by atoms with Gasteiger partial charge in [-0.25, -0.2) is 0 Å². The minimum Gasteiger partial charge on any atom is -0.378 e. The molecule has 0 N–H and O–H groups in total. The monoisotopic (exact) mass is 296 g/mol. The van der Waals surface area contributed by atoms with Gasteiger partial charge in [-0.3, -0.25) is 19.4 Å². The molecular formula is C14H17ClN2O3. The summed E-state index contributed by atoms with van der Waals surface area (Å²) in [5.41, 5.74) is 1.01. The van der Waals surface area contributed by atoms with Gasteiger partial charge in [0.2, 0.25) is 0 Å². The molecule has 2 amide bonds. The zero-order chi connectivity index (χ0) is 13.4. The molecule has 0 aromatic heterocycles. The van der Waals surface area contributed by atoms with E-state index in [0.29, 0.717) is 30.9 Å². The molecule has 1 aromatic rings. The first-order valence-corrected chi connectivity index (χ1v) is 6.41. The first-order chi connectivity index (χ1) is 9.18. The average molecular weight is 297 g/mol. The molecule has 20 heavy (non-hydrogen) atoms. The van der Waals surface area contributed by atoms with Gasteiger partial charge in [0.1, 0.15) is 0 Å². The van der Waals surface area contributed by atoms with Crippen molar-refractivity contribution in [3.8, 4) is 0 Å². The van der Waals surface area contributed by atoms with Crippen molar-refractivity contribution in [2.45, 2.75) is 6.04 Å². The van der Waals surface area contributed by atoms with Gasteiger partial charge in [-0.2, -0.15) is 0 Å². The molecule has 3 rings (SSSR count). The first-order valence-electron chi connectivity index (χ1n) is 6.41. The summed E-state index contributed by atoms with van der Waals surface area (Å²) >= 11 is 0. The molecule has 0 aliphatic carbocycles. The SMILES string of the molecule is CN1CCOCC1CN1C(=O)c2ccccc2C1=O.Cl. The molecule has 1 saturated heterocycles. The Balaban J connectivity index is 0.00000147. The third-order valence-electron chi connectivity index (χ3n) is 3.79. The Kier molecular flexibility index (Phi) is 4.42. The highest BCUT2D eigenvalue weighted by molar-refractivity contribution is 6.21. The second kappa shape index (κ2) is 5.91. The number of imide groups is 1. The van der Waals surface area contributed by atoms with Crippen LogP contribution in [0, 0.1) is 0 Å². The predicted molar refractivity (Wildman–Crippen MR) is 76.3 cm³/mol. The number of carbonyl (C=O) groups is 2. The predicted octanol–water partition coefficient (Wildman–Crippen LogP) is 1.03. The standard InChI is InChI=1S/C14H16N2O3.ClH/c1-15-6-7-19-9-10(15)8-16-13(17)11-4-2-3-5-12(11)14(16)18;/h2-5,10H,6-9H2,1H3;1H. The van der Waals surface area contributed by atoms with Gasteiger partial charge in [-0.05, 0) is 19.2 Å². The lowest BCUT2D eigenvalue weighted by atomic mass is 10.1. The van der Waals surface area contributed by atoms with Gasteiger partial charge < -0.3 is 4.74 Å². The minimum atomic E-state index is -0.195. The topological polar surface area (TPSA) is 49.9 Å². The van der Waals surface area contributed by atoms with E-state index in [4.69, 9.17) is 4.74 Å². The zero-order valence-electron chi connectivity index (χ0n) is 11.2. The van der Waals surface area contributed by atoms with Crippen molar-refractivity contribution in [1.82, 2.24) is 9.80 Å². The van der Waals surface area contributed by atoms with Crippen molar-refractivity contribution in [1.29, 1.82) is 0 Å². The normalized spacial score (nSPS) is 22.6. The molecule has 1 atom stereocenters. The number of fused-ring (bicyclic) bond motifs is 1. The van der Waals surface area contributed by atoms with Gasteiger partial charge in [-0.15, -0.1) is 12.4 Å². The fraction of sp³-hybridized carbons (Fsp3) is 0.429. The summed E-state index contributed by atoms with van der Waals surface area (Å²) in [7, 11) is 1.99. The zero-order valence-corrected chi connectivity index (χ0v) is 12.1. The molecule has 0 bridgehead atoms. The number of rotatable bonds is 2. The largest absolute Gasteiger partial charge is 0.378 e. The summed E-state index contributed by atoms with van der Waals surface area (Å²) < 4.78 is 5.42. The lowest BCUT2D eigenvalue weighted by molar-refractivity contribution is -0.00384. The van der Waals surface area contributed by atoms with E-state index in [-0.39, 0.29) is 30.3 Å². The number of benzene rings is 1. The van der Waals surface area contributed by atoms with Crippen molar-refractivity contribution in [3.63, 3.8) is 0 Å². The number of amides is 2. The van der Waals surface area contributed by atoms with Crippen LogP contribution in [0.3, 0.4) is 0 Å². The number of ether oxygens (including phenoxy) is 1. The van der Waals surface area contributed by atoms with Crippen molar-refractivity contribution < 1.29 is 14.3 Å². The summed E-state index contributed by atoms with van der Waals surface area (Å²) in [6, 6.07) is 7.05. The van der Waals surface area contributed by atoms with Gasteiger partial charge in [0.15, 0.2) is 0 Å². The number of hydrogen-bond acceptors (Lipinski definition) is 4. The molecule has 1 aromatic carbocycles. The van der Waals surface area contributed by atoms with Crippen LogP contribution in [0.4, 0.5) is 0 Å². The Labute approximate surface area is 123 Å². The first kappa shape index (κ1) is 15.0. The van der Waals surface area contributed by atoms with Crippen molar-refractivity contribution in [3.05, 3.63) is 35.4 Å². The number of likely N-dealkylation sites (N-methyl/N-ethyl adjacent to an activating group) is 1. The van der Waals surface area contributed by atoms with E-state index in [1.807, 2.05) is 7.05 Å². The number of morpholine rings is 1. The fourth-order valence-corrected chi connectivity index (χ4v) is 2.55. The maximum absolute atomic E-state index is 12.2. The smallest absolute Gasteiger partial charge is 0.261 e. The molecule has 2 aliphatic heterocycles. The van der Waals surface area contributed by atoms with E-state index >= 15 is 0 Å². The highest BCUT2D eigenvalue weighted by Crippen LogP contribution is 2.23. The van der Waals surface area contributed by atoms with E-state index in [1.54, 1.807) is 24.3 Å². The Morgan fingerprint density at radius 2 is 1.80 bits per heavy atom. The van der Waals surface area contributed by atoms with Crippen molar-refractivity contribution in [2.24, 2.45) is 0 Å². The quantitative estimate of drug-likeness (QED) is 0.765. The number of nitrogens with zero attached hydrogens (tertiary/aromatic N) is 2. The van der Waals surface area contributed by atoms with Crippen LogP contribution in [0.5, 0.6) is 0 Å². The molecule has 2 aliphatic rings. The van der Waals surface area contributed by atoms with Crippen LogP contribution in [0.25, 0.3) is 0 Å². The van der Waals surface area contributed by atoms with Crippen LogP contribution in [0.15, 0.2) is 24.3 Å². The van der Waals surface area contributed by atoms with E-state index < -0.39 is 0 Å². The fourth-order valence-electron chi connectivity index (χ4n) is 2.55. The van der Waals surface area contributed by atoms with Crippen molar-refractivity contribution in [2.75, 3.05) is 33.4 Å². The van der Waals surface area contributed by atoms with E-state index in [9.17, 15) is 9.59 Å². The lowest BCUT2D eigenvalue weighted by Crippen LogP contribution is -2.50. The Hall–Kier alpha value is -1.43. The van der Waals surface area contributed by atoms with Crippen molar-refractivity contribution >= 4 is 24.2 Å². The minimum absolute atomic E-state index is 0. The molecule has 0 saturated carbocycles.